The highest BCUT2D eigenvalue weighted by Gasteiger charge is 2.23. The number of rotatable bonds is 3. The Morgan fingerprint density at radius 2 is 2.11 bits per heavy atom. The lowest BCUT2D eigenvalue weighted by molar-refractivity contribution is 0.0664. The predicted octanol–water partition coefficient (Wildman–Crippen LogP) is 3.64. The molecule has 144 valence electrons. The molecule has 0 aromatic carbocycles. The van der Waals surface area contributed by atoms with Gasteiger partial charge >= 0.3 is 0 Å². The number of aromatic nitrogens is 3. The summed E-state index contributed by atoms with van der Waals surface area (Å²) in [5.41, 5.74) is 5.28. The third-order valence-electron chi connectivity index (χ3n) is 5.70. The summed E-state index contributed by atoms with van der Waals surface area (Å²) in [6, 6.07) is 2.20. The molecule has 5 rings (SSSR count). The van der Waals surface area contributed by atoms with Gasteiger partial charge in [0.15, 0.2) is 5.01 Å². The van der Waals surface area contributed by atoms with Crippen LogP contribution in [0.25, 0.3) is 27.9 Å². The van der Waals surface area contributed by atoms with Crippen molar-refractivity contribution in [1.29, 1.82) is 0 Å². The average Bonchev–Trinajstić information content (AvgIpc) is 3.47. The van der Waals surface area contributed by atoms with Crippen LogP contribution in [-0.4, -0.2) is 63.9 Å². The zero-order valence-corrected chi connectivity index (χ0v) is 16.8. The summed E-state index contributed by atoms with van der Waals surface area (Å²) in [7, 11) is 2.09. The molecule has 28 heavy (non-hydrogen) atoms. The molecule has 1 aliphatic carbocycles. The number of H-pyrrole nitrogens is 1. The number of nitrogens with one attached hydrogen (secondary N) is 1. The molecule has 3 aromatic heterocycles. The van der Waals surface area contributed by atoms with Gasteiger partial charge in [0.2, 0.25) is 0 Å². The standard InChI is InChI=1S/C21H23N5OS/c1-25-6-8-26(9-7-25)21(27)20-24-18(13-28-20)17-12-23-19-16(17)10-15(11-22-19)14-4-2-3-5-14/h4,10-13H,2-3,5-9H2,1H3,(H,22,23). The molecular weight excluding hydrogens is 370 g/mol. The number of hydrogen-bond donors (Lipinski definition) is 1. The maximum atomic E-state index is 12.8. The van der Waals surface area contributed by atoms with Gasteiger partial charge in [-0.15, -0.1) is 11.3 Å². The minimum Gasteiger partial charge on any atom is -0.345 e. The number of fused-ring (bicyclic) bond motifs is 1. The molecule has 0 bridgehead atoms. The molecule has 3 aromatic rings. The van der Waals surface area contributed by atoms with Crippen molar-refractivity contribution in [1.82, 2.24) is 24.8 Å². The van der Waals surface area contributed by atoms with E-state index in [2.05, 4.69) is 39.0 Å². The normalized spacial score (nSPS) is 18.0. The maximum Gasteiger partial charge on any atom is 0.282 e. The summed E-state index contributed by atoms with van der Waals surface area (Å²) in [4.78, 5) is 29.5. The van der Waals surface area contributed by atoms with Crippen molar-refractivity contribution in [3.05, 3.63) is 40.5 Å². The number of piperazine rings is 1. The van der Waals surface area contributed by atoms with Gasteiger partial charge in [0.1, 0.15) is 5.65 Å². The Hall–Kier alpha value is -2.51. The van der Waals surface area contributed by atoms with Gasteiger partial charge in [-0.2, -0.15) is 0 Å². The van der Waals surface area contributed by atoms with E-state index in [4.69, 9.17) is 0 Å². The number of nitrogens with zero attached hydrogens (tertiary/aromatic N) is 4. The van der Waals surface area contributed by atoms with Crippen molar-refractivity contribution in [3.63, 3.8) is 0 Å². The summed E-state index contributed by atoms with van der Waals surface area (Å²) in [5.74, 6) is 0.0408. The van der Waals surface area contributed by atoms with Crippen LogP contribution in [0.3, 0.4) is 0 Å². The van der Waals surface area contributed by atoms with Crippen molar-refractivity contribution in [2.24, 2.45) is 0 Å². The lowest BCUT2D eigenvalue weighted by Gasteiger charge is -2.31. The third-order valence-corrected chi connectivity index (χ3v) is 6.53. The Labute approximate surface area is 167 Å². The molecule has 0 radical (unpaired) electrons. The molecule has 1 fully saturated rings. The number of allylic oxidation sites excluding steroid dienone is 2. The molecule has 1 amide bonds. The molecule has 7 heteroatoms. The first-order valence-corrected chi connectivity index (χ1v) is 10.7. The van der Waals surface area contributed by atoms with E-state index >= 15 is 0 Å². The molecule has 0 spiro atoms. The Bertz CT molecular complexity index is 1060. The maximum absolute atomic E-state index is 12.8. The topological polar surface area (TPSA) is 65.1 Å². The van der Waals surface area contributed by atoms with Gasteiger partial charge in [0.25, 0.3) is 5.91 Å². The second-order valence-corrected chi connectivity index (χ2v) is 8.44. The van der Waals surface area contributed by atoms with Crippen molar-refractivity contribution in [2.75, 3.05) is 33.2 Å². The first-order valence-electron chi connectivity index (χ1n) is 9.79. The Morgan fingerprint density at radius 1 is 1.25 bits per heavy atom. The quantitative estimate of drug-likeness (QED) is 0.738. The van der Waals surface area contributed by atoms with Crippen LogP contribution in [0.1, 0.15) is 34.6 Å². The lowest BCUT2D eigenvalue weighted by atomic mass is 10.0. The summed E-state index contributed by atoms with van der Waals surface area (Å²) >= 11 is 1.43. The molecule has 0 unspecified atom stereocenters. The number of aromatic amines is 1. The molecule has 6 nitrogen and oxygen atoms in total. The van der Waals surface area contributed by atoms with Crippen LogP contribution >= 0.6 is 11.3 Å². The minimum atomic E-state index is 0.0408. The Balaban J connectivity index is 1.44. The van der Waals surface area contributed by atoms with Crippen LogP contribution in [0.5, 0.6) is 0 Å². The van der Waals surface area contributed by atoms with E-state index < -0.39 is 0 Å². The van der Waals surface area contributed by atoms with E-state index in [-0.39, 0.29) is 5.91 Å². The summed E-state index contributed by atoms with van der Waals surface area (Å²) < 4.78 is 0. The predicted molar refractivity (Wildman–Crippen MR) is 112 cm³/mol. The molecule has 2 aliphatic rings. The summed E-state index contributed by atoms with van der Waals surface area (Å²) in [6.07, 6.45) is 9.69. The van der Waals surface area contributed by atoms with Crippen molar-refractivity contribution < 1.29 is 4.79 Å². The fourth-order valence-corrected chi connectivity index (χ4v) is 4.75. The molecule has 0 atom stereocenters. The monoisotopic (exact) mass is 393 g/mol. The third kappa shape index (κ3) is 3.14. The number of pyridine rings is 1. The van der Waals surface area contributed by atoms with E-state index in [0.717, 1.165) is 61.3 Å². The molecule has 4 heterocycles. The van der Waals surface area contributed by atoms with Gasteiger partial charge in [0.05, 0.1) is 5.69 Å². The van der Waals surface area contributed by atoms with Gasteiger partial charge in [-0.1, -0.05) is 6.08 Å². The Morgan fingerprint density at radius 3 is 2.89 bits per heavy atom. The number of thiazole rings is 1. The average molecular weight is 394 g/mol. The molecule has 1 saturated heterocycles. The van der Waals surface area contributed by atoms with Gasteiger partial charge in [-0.25, -0.2) is 9.97 Å². The molecular formula is C21H23N5OS. The molecule has 0 saturated carbocycles. The van der Waals surface area contributed by atoms with E-state index in [1.807, 2.05) is 22.7 Å². The molecule has 1 N–H and O–H groups in total. The number of carbonyl (C=O) groups excluding carboxylic acids is 1. The van der Waals surface area contributed by atoms with Crippen molar-refractivity contribution in [2.45, 2.75) is 19.3 Å². The van der Waals surface area contributed by atoms with Crippen LogP contribution in [0.15, 0.2) is 29.9 Å². The SMILES string of the molecule is CN1CCN(C(=O)c2nc(-c3c[nH]c4ncc(C5=CCCC5)cc34)cs2)CC1. The first-order chi connectivity index (χ1) is 13.7. The van der Waals surface area contributed by atoms with Crippen molar-refractivity contribution in [3.8, 4) is 11.3 Å². The van der Waals surface area contributed by atoms with Crippen LogP contribution < -0.4 is 0 Å². The second-order valence-electron chi connectivity index (χ2n) is 7.58. The zero-order valence-electron chi connectivity index (χ0n) is 15.9. The fourth-order valence-electron chi connectivity index (χ4n) is 3.96. The highest BCUT2D eigenvalue weighted by atomic mass is 32.1. The number of likely N-dealkylation sites (N-methyl/N-ethyl adjacent to an activating group) is 1. The highest BCUT2D eigenvalue weighted by Crippen LogP contribution is 2.33. The summed E-state index contributed by atoms with van der Waals surface area (Å²) in [6.45, 7) is 3.35. The van der Waals surface area contributed by atoms with E-state index in [1.54, 1.807) is 0 Å². The van der Waals surface area contributed by atoms with E-state index in [0.29, 0.717) is 5.01 Å². The van der Waals surface area contributed by atoms with E-state index in [1.165, 1.54) is 28.9 Å². The van der Waals surface area contributed by atoms with Crippen LogP contribution in [-0.2, 0) is 0 Å². The van der Waals surface area contributed by atoms with Crippen LogP contribution in [0, 0.1) is 0 Å². The minimum absolute atomic E-state index is 0.0408. The Kier molecular flexibility index (Phi) is 4.49. The smallest absolute Gasteiger partial charge is 0.282 e. The van der Waals surface area contributed by atoms with Crippen LogP contribution in [0.2, 0.25) is 0 Å². The zero-order chi connectivity index (χ0) is 19.1. The van der Waals surface area contributed by atoms with E-state index in [9.17, 15) is 4.79 Å². The molecule has 1 aliphatic heterocycles. The second kappa shape index (κ2) is 7.14. The fraction of sp³-hybridized carbons (Fsp3) is 0.381. The lowest BCUT2D eigenvalue weighted by Crippen LogP contribution is -2.47. The number of amides is 1. The first kappa shape index (κ1) is 17.6. The largest absolute Gasteiger partial charge is 0.345 e. The van der Waals surface area contributed by atoms with Crippen LogP contribution in [0.4, 0.5) is 0 Å². The number of carbonyl (C=O) groups is 1. The van der Waals surface area contributed by atoms with Gasteiger partial charge in [-0.05, 0) is 43.5 Å². The summed E-state index contributed by atoms with van der Waals surface area (Å²) in [5, 5.41) is 3.61. The van der Waals surface area contributed by atoms with Gasteiger partial charge < -0.3 is 14.8 Å². The van der Waals surface area contributed by atoms with Gasteiger partial charge in [0, 0.05) is 54.9 Å². The van der Waals surface area contributed by atoms with Gasteiger partial charge in [-0.3, -0.25) is 4.79 Å². The van der Waals surface area contributed by atoms with Crippen molar-refractivity contribution >= 4 is 33.9 Å². The number of hydrogen-bond acceptors (Lipinski definition) is 5. The highest BCUT2D eigenvalue weighted by molar-refractivity contribution is 7.12.